The lowest BCUT2D eigenvalue weighted by molar-refractivity contribution is -0.239. The average molecular weight is 517 g/mol. The topological polar surface area (TPSA) is 114 Å². The summed E-state index contributed by atoms with van der Waals surface area (Å²) >= 11 is 0. The number of pyridine rings is 2. The lowest BCUT2D eigenvalue weighted by atomic mass is 9.68. The number of hydrogen-bond donors (Lipinski definition) is 1. The summed E-state index contributed by atoms with van der Waals surface area (Å²) in [6.45, 7) is 1.27. The van der Waals surface area contributed by atoms with Gasteiger partial charge < -0.3 is 19.7 Å². The number of nitrogens with two attached hydrogens (primary N) is 1. The van der Waals surface area contributed by atoms with Gasteiger partial charge in [0.25, 0.3) is 0 Å². The van der Waals surface area contributed by atoms with Gasteiger partial charge in [0.2, 0.25) is 0 Å². The molecule has 9 nitrogen and oxygen atoms in total. The molecular formula is C30H24N6O3. The van der Waals surface area contributed by atoms with E-state index >= 15 is 0 Å². The molecule has 4 aromatic heterocycles. The van der Waals surface area contributed by atoms with Crippen molar-refractivity contribution < 1.29 is 14.0 Å². The van der Waals surface area contributed by atoms with Crippen molar-refractivity contribution in [1.82, 2.24) is 24.7 Å². The summed E-state index contributed by atoms with van der Waals surface area (Å²) < 4.78 is 18.6. The smallest absolute Gasteiger partial charge is 0.190 e. The number of aromatic nitrogens is 5. The van der Waals surface area contributed by atoms with Crippen LogP contribution in [-0.2, 0) is 15.0 Å². The molecule has 0 atom stereocenters. The van der Waals surface area contributed by atoms with Gasteiger partial charge in [-0.3, -0.25) is 4.40 Å². The normalized spacial score (nSPS) is 17.7. The van der Waals surface area contributed by atoms with E-state index in [1.807, 2.05) is 34.9 Å². The van der Waals surface area contributed by atoms with Crippen molar-refractivity contribution in [2.24, 2.45) is 5.73 Å². The number of hydrogen-bond acceptors (Lipinski definition) is 8. The Bertz CT molecular complexity index is 1820. The molecule has 1 saturated heterocycles. The molecular weight excluding hydrogens is 492 g/mol. The van der Waals surface area contributed by atoms with Gasteiger partial charge in [-0.05, 0) is 23.3 Å². The fourth-order valence-corrected chi connectivity index (χ4v) is 5.93. The van der Waals surface area contributed by atoms with E-state index in [2.05, 4.69) is 57.8 Å². The molecule has 6 aromatic rings. The maximum Gasteiger partial charge on any atom is 0.190 e. The van der Waals surface area contributed by atoms with Crippen molar-refractivity contribution >= 4 is 16.6 Å². The van der Waals surface area contributed by atoms with Crippen LogP contribution in [0.3, 0.4) is 0 Å². The first-order valence-electron chi connectivity index (χ1n) is 12.9. The van der Waals surface area contributed by atoms with Gasteiger partial charge in [-0.1, -0.05) is 59.8 Å². The van der Waals surface area contributed by atoms with E-state index in [0.29, 0.717) is 43.2 Å². The Morgan fingerprint density at radius 3 is 2.38 bits per heavy atom. The maximum absolute atomic E-state index is 6.75. The summed E-state index contributed by atoms with van der Waals surface area (Å²) in [6.07, 6.45) is 4.76. The van der Waals surface area contributed by atoms with Crippen molar-refractivity contribution in [2.75, 3.05) is 13.2 Å². The minimum Gasteiger partial charge on any atom is -0.364 e. The average Bonchev–Trinajstić information content (AvgIpc) is 3.74. The summed E-state index contributed by atoms with van der Waals surface area (Å²) in [7, 11) is 0. The van der Waals surface area contributed by atoms with E-state index < -0.39 is 11.3 Å². The molecule has 1 aliphatic carbocycles. The van der Waals surface area contributed by atoms with Gasteiger partial charge in [-0.2, -0.15) is 0 Å². The van der Waals surface area contributed by atoms with Crippen LogP contribution >= 0.6 is 0 Å². The first-order valence-corrected chi connectivity index (χ1v) is 12.9. The standard InChI is InChI=1S/C30H24N6O3/c31-29(17-30(18-29)37-14-15-38-30)21-8-6-20(7-9-21)26-22(19-4-2-1-3-5-19)16-23-24(32-26)10-12-36-27(23)33-34-28(36)25-11-13-39-35-25/h1-13,16H,14-15,17-18,31H2. The largest absolute Gasteiger partial charge is 0.364 e. The highest BCUT2D eigenvalue weighted by Crippen LogP contribution is 2.51. The molecule has 2 N–H and O–H groups in total. The molecule has 9 heteroatoms. The Kier molecular flexibility index (Phi) is 4.78. The minimum absolute atomic E-state index is 0.456. The van der Waals surface area contributed by atoms with Crippen molar-refractivity contribution in [2.45, 2.75) is 24.2 Å². The van der Waals surface area contributed by atoms with E-state index in [1.54, 1.807) is 6.07 Å². The van der Waals surface area contributed by atoms with Crippen LogP contribution in [0.2, 0.25) is 0 Å². The molecule has 39 heavy (non-hydrogen) atoms. The Labute approximate surface area is 223 Å². The molecule has 0 bridgehead atoms. The highest BCUT2D eigenvalue weighted by molar-refractivity contribution is 5.98. The second-order valence-corrected chi connectivity index (χ2v) is 10.3. The zero-order chi connectivity index (χ0) is 26.0. The molecule has 0 unspecified atom stereocenters. The van der Waals surface area contributed by atoms with Crippen molar-refractivity contribution in [3.8, 4) is 33.9 Å². The van der Waals surface area contributed by atoms with Crippen LogP contribution in [0.1, 0.15) is 18.4 Å². The van der Waals surface area contributed by atoms with E-state index in [1.165, 1.54) is 6.26 Å². The summed E-state index contributed by atoms with van der Waals surface area (Å²) in [5, 5.41) is 13.8. The predicted octanol–water partition coefficient (Wildman–Crippen LogP) is 4.96. The molecule has 5 heterocycles. The second-order valence-electron chi connectivity index (χ2n) is 10.3. The van der Waals surface area contributed by atoms with Gasteiger partial charge in [-0.15, -0.1) is 10.2 Å². The Morgan fingerprint density at radius 2 is 1.64 bits per heavy atom. The van der Waals surface area contributed by atoms with Crippen molar-refractivity contribution in [1.29, 1.82) is 0 Å². The number of benzene rings is 2. The van der Waals surface area contributed by atoms with Gasteiger partial charge in [0.15, 0.2) is 23.0 Å². The zero-order valence-corrected chi connectivity index (χ0v) is 20.9. The SMILES string of the molecule is NC1(c2ccc(-c3nc4ccn5c(-c6ccon6)nnc5c4cc3-c3ccccc3)cc2)CC2(C1)OCCO2. The van der Waals surface area contributed by atoms with Gasteiger partial charge >= 0.3 is 0 Å². The van der Waals surface area contributed by atoms with Crippen LogP contribution in [0.25, 0.3) is 50.5 Å². The van der Waals surface area contributed by atoms with Gasteiger partial charge in [0, 0.05) is 41.6 Å². The third kappa shape index (κ3) is 3.51. The van der Waals surface area contributed by atoms with E-state index in [4.69, 9.17) is 24.7 Å². The highest BCUT2D eigenvalue weighted by Gasteiger charge is 2.57. The first-order chi connectivity index (χ1) is 19.1. The molecule has 1 spiro atoms. The van der Waals surface area contributed by atoms with Crippen LogP contribution in [0.15, 0.2) is 89.8 Å². The number of rotatable bonds is 4. The Balaban J connectivity index is 1.24. The van der Waals surface area contributed by atoms with Crippen molar-refractivity contribution in [3.63, 3.8) is 0 Å². The zero-order valence-electron chi connectivity index (χ0n) is 20.9. The van der Waals surface area contributed by atoms with E-state index in [0.717, 1.165) is 38.9 Å². The summed E-state index contributed by atoms with van der Waals surface area (Å²) in [5.74, 6) is 0.109. The third-order valence-corrected chi connectivity index (χ3v) is 7.84. The second kappa shape index (κ2) is 8.28. The monoisotopic (exact) mass is 516 g/mol. The van der Waals surface area contributed by atoms with Crippen LogP contribution < -0.4 is 5.73 Å². The summed E-state index contributed by atoms with van der Waals surface area (Å²) in [5.41, 5.74) is 13.5. The number of ether oxygens (including phenoxy) is 2. The molecule has 1 saturated carbocycles. The van der Waals surface area contributed by atoms with Crippen molar-refractivity contribution in [3.05, 3.63) is 90.8 Å². The van der Waals surface area contributed by atoms with Crippen LogP contribution in [0.5, 0.6) is 0 Å². The van der Waals surface area contributed by atoms with Gasteiger partial charge in [0.05, 0.1) is 30.0 Å². The highest BCUT2D eigenvalue weighted by atomic mass is 16.7. The number of nitrogens with zero attached hydrogens (tertiary/aromatic N) is 5. The molecule has 1 aliphatic heterocycles. The molecule has 0 amide bonds. The van der Waals surface area contributed by atoms with Gasteiger partial charge in [0.1, 0.15) is 6.26 Å². The molecule has 8 rings (SSSR count). The molecule has 2 aromatic carbocycles. The van der Waals surface area contributed by atoms with Gasteiger partial charge in [-0.25, -0.2) is 4.98 Å². The quantitative estimate of drug-likeness (QED) is 0.350. The lowest BCUT2D eigenvalue weighted by Gasteiger charge is -2.50. The molecule has 0 radical (unpaired) electrons. The molecule has 192 valence electrons. The fourth-order valence-electron chi connectivity index (χ4n) is 5.93. The molecule has 2 fully saturated rings. The van der Waals surface area contributed by atoms with E-state index in [-0.39, 0.29) is 0 Å². The fraction of sp³-hybridized carbons (Fsp3) is 0.200. The predicted molar refractivity (Wildman–Crippen MR) is 144 cm³/mol. The Morgan fingerprint density at radius 1 is 0.846 bits per heavy atom. The lowest BCUT2D eigenvalue weighted by Crippen LogP contribution is -2.60. The first kappa shape index (κ1) is 22.5. The van der Waals surface area contributed by atoms with Crippen LogP contribution in [0, 0.1) is 0 Å². The molecule has 2 aliphatic rings. The number of fused-ring (bicyclic) bond motifs is 3. The summed E-state index contributed by atoms with van der Waals surface area (Å²) in [4.78, 5) is 5.14. The minimum atomic E-state index is -0.506. The Hall–Kier alpha value is -4.44. The maximum atomic E-state index is 6.75. The third-order valence-electron chi connectivity index (χ3n) is 7.84. The van der Waals surface area contributed by atoms with E-state index in [9.17, 15) is 0 Å². The summed E-state index contributed by atoms with van der Waals surface area (Å²) in [6, 6.07) is 24.6. The van der Waals surface area contributed by atoms with Crippen LogP contribution in [-0.4, -0.2) is 43.7 Å². The van der Waals surface area contributed by atoms with Crippen LogP contribution in [0.4, 0.5) is 0 Å².